The van der Waals surface area contributed by atoms with Crippen LogP contribution in [0.1, 0.15) is 69.7 Å². The highest BCUT2D eigenvalue weighted by molar-refractivity contribution is 5.27. The van der Waals surface area contributed by atoms with Crippen molar-refractivity contribution < 1.29 is 0 Å². The summed E-state index contributed by atoms with van der Waals surface area (Å²) in [6.07, 6.45) is 7.98. The average molecular weight is 276 g/mol. The fraction of sp³-hybridized carbons (Fsp3) is 0.706. The van der Waals surface area contributed by atoms with Gasteiger partial charge in [-0.05, 0) is 37.2 Å². The summed E-state index contributed by atoms with van der Waals surface area (Å²) in [4.78, 5) is 12.2. The monoisotopic (exact) mass is 276 g/mol. The van der Waals surface area contributed by atoms with Gasteiger partial charge in [0, 0.05) is 24.3 Å². The lowest BCUT2D eigenvalue weighted by atomic mass is 9.91. The second-order valence-electron chi connectivity index (χ2n) is 6.10. The Morgan fingerprint density at radius 2 is 2.20 bits per heavy atom. The summed E-state index contributed by atoms with van der Waals surface area (Å²) in [7, 11) is 0. The van der Waals surface area contributed by atoms with Crippen molar-refractivity contribution in [2.24, 2.45) is 11.7 Å². The average Bonchev–Trinajstić information content (AvgIpc) is 2.46. The van der Waals surface area contributed by atoms with E-state index in [0.29, 0.717) is 5.92 Å². The lowest BCUT2D eigenvalue weighted by molar-refractivity contribution is 0.372. The molecular weight excluding hydrogens is 248 g/mol. The standard InChI is InChI=1S/C17H28N2O/c1-3-5-7-13(4-2)12-19-16-9-6-8-15(18)14(16)10-11-17(19)20/h10-11,13,15H,3-9,12,18H2,1-2H3. The molecule has 2 unspecified atom stereocenters. The molecule has 1 aliphatic rings. The first-order valence-corrected chi connectivity index (χ1v) is 8.15. The molecule has 2 N–H and O–H groups in total. The number of nitrogens with two attached hydrogens (primary N) is 1. The Morgan fingerprint density at radius 3 is 2.90 bits per heavy atom. The Bertz CT molecular complexity index is 492. The van der Waals surface area contributed by atoms with Gasteiger partial charge < -0.3 is 10.3 Å². The van der Waals surface area contributed by atoms with Crippen molar-refractivity contribution >= 4 is 0 Å². The number of rotatable bonds is 6. The fourth-order valence-corrected chi connectivity index (χ4v) is 3.27. The molecule has 0 bridgehead atoms. The first kappa shape index (κ1) is 15.3. The molecule has 1 heterocycles. The highest BCUT2D eigenvalue weighted by Gasteiger charge is 2.21. The maximum atomic E-state index is 12.2. The van der Waals surface area contributed by atoms with E-state index in [0.717, 1.165) is 32.2 Å². The minimum absolute atomic E-state index is 0.112. The number of hydrogen-bond acceptors (Lipinski definition) is 2. The van der Waals surface area contributed by atoms with Gasteiger partial charge in [0.1, 0.15) is 0 Å². The van der Waals surface area contributed by atoms with E-state index in [1.165, 1.54) is 30.5 Å². The first-order valence-electron chi connectivity index (χ1n) is 8.15. The van der Waals surface area contributed by atoms with Gasteiger partial charge in [-0.15, -0.1) is 0 Å². The molecule has 112 valence electrons. The predicted molar refractivity (Wildman–Crippen MR) is 83.9 cm³/mol. The molecule has 1 aliphatic carbocycles. The van der Waals surface area contributed by atoms with Gasteiger partial charge in [-0.2, -0.15) is 0 Å². The third kappa shape index (κ3) is 3.32. The van der Waals surface area contributed by atoms with Crippen LogP contribution in [0.25, 0.3) is 0 Å². The summed E-state index contributed by atoms with van der Waals surface area (Å²) in [6.45, 7) is 5.32. The molecule has 1 aromatic heterocycles. The van der Waals surface area contributed by atoms with Gasteiger partial charge >= 0.3 is 0 Å². The summed E-state index contributed by atoms with van der Waals surface area (Å²) in [6, 6.07) is 3.77. The van der Waals surface area contributed by atoms with Crippen LogP contribution >= 0.6 is 0 Å². The summed E-state index contributed by atoms with van der Waals surface area (Å²) >= 11 is 0. The summed E-state index contributed by atoms with van der Waals surface area (Å²) in [5.41, 5.74) is 8.74. The molecule has 0 spiro atoms. The van der Waals surface area contributed by atoms with Crippen molar-refractivity contribution in [1.82, 2.24) is 4.57 Å². The van der Waals surface area contributed by atoms with E-state index in [4.69, 9.17) is 5.73 Å². The Labute approximate surface area is 122 Å². The van der Waals surface area contributed by atoms with Gasteiger partial charge in [-0.25, -0.2) is 0 Å². The van der Waals surface area contributed by atoms with Crippen molar-refractivity contribution in [3.05, 3.63) is 33.7 Å². The molecule has 0 aliphatic heterocycles. The maximum absolute atomic E-state index is 12.2. The van der Waals surface area contributed by atoms with Crippen molar-refractivity contribution in [2.45, 2.75) is 71.4 Å². The third-order valence-electron chi connectivity index (χ3n) is 4.64. The molecule has 2 rings (SSSR count). The second kappa shape index (κ2) is 7.07. The molecule has 0 saturated heterocycles. The Balaban J connectivity index is 2.26. The van der Waals surface area contributed by atoms with Gasteiger partial charge in [0.25, 0.3) is 5.56 Å². The molecule has 20 heavy (non-hydrogen) atoms. The molecular formula is C17H28N2O. The van der Waals surface area contributed by atoms with Crippen molar-refractivity contribution in [3.8, 4) is 0 Å². The number of pyridine rings is 1. The molecule has 0 aromatic carbocycles. The van der Waals surface area contributed by atoms with Gasteiger partial charge in [-0.1, -0.05) is 39.2 Å². The smallest absolute Gasteiger partial charge is 0.250 e. The molecule has 0 saturated carbocycles. The van der Waals surface area contributed by atoms with Gasteiger partial charge in [0.2, 0.25) is 0 Å². The van der Waals surface area contributed by atoms with Crippen molar-refractivity contribution in [2.75, 3.05) is 0 Å². The topological polar surface area (TPSA) is 48.0 Å². The third-order valence-corrected chi connectivity index (χ3v) is 4.64. The molecule has 1 aromatic rings. The maximum Gasteiger partial charge on any atom is 0.250 e. The molecule has 0 radical (unpaired) electrons. The number of hydrogen-bond donors (Lipinski definition) is 1. The number of nitrogens with zero attached hydrogens (tertiary/aromatic N) is 1. The van der Waals surface area contributed by atoms with E-state index in [1.807, 2.05) is 10.6 Å². The summed E-state index contributed by atoms with van der Waals surface area (Å²) in [5, 5.41) is 0. The lowest BCUT2D eigenvalue weighted by Crippen LogP contribution is -2.31. The summed E-state index contributed by atoms with van der Waals surface area (Å²) in [5.74, 6) is 0.609. The first-order chi connectivity index (χ1) is 9.67. The van der Waals surface area contributed by atoms with Crippen molar-refractivity contribution in [3.63, 3.8) is 0 Å². The van der Waals surface area contributed by atoms with Crippen LogP contribution in [0.2, 0.25) is 0 Å². The number of unbranched alkanes of at least 4 members (excludes halogenated alkanes) is 1. The van der Waals surface area contributed by atoms with Gasteiger partial charge in [-0.3, -0.25) is 4.79 Å². The van der Waals surface area contributed by atoms with E-state index >= 15 is 0 Å². The molecule has 0 amide bonds. The fourth-order valence-electron chi connectivity index (χ4n) is 3.27. The van der Waals surface area contributed by atoms with E-state index in [9.17, 15) is 4.79 Å². The van der Waals surface area contributed by atoms with Crippen LogP contribution in [0, 0.1) is 5.92 Å². The van der Waals surface area contributed by atoms with Crippen molar-refractivity contribution in [1.29, 1.82) is 0 Å². The Morgan fingerprint density at radius 1 is 1.40 bits per heavy atom. The zero-order chi connectivity index (χ0) is 14.5. The second-order valence-corrected chi connectivity index (χ2v) is 6.10. The van der Waals surface area contributed by atoms with Gasteiger partial charge in [0.15, 0.2) is 0 Å². The van der Waals surface area contributed by atoms with Crippen LogP contribution < -0.4 is 11.3 Å². The Hall–Kier alpha value is -1.09. The predicted octanol–water partition coefficient (Wildman–Crippen LogP) is 3.40. The highest BCUT2D eigenvalue weighted by Crippen LogP contribution is 2.27. The summed E-state index contributed by atoms with van der Waals surface area (Å²) < 4.78 is 2.01. The van der Waals surface area contributed by atoms with Gasteiger partial charge in [0.05, 0.1) is 0 Å². The zero-order valence-corrected chi connectivity index (χ0v) is 12.9. The minimum Gasteiger partial charge on any atom is -0.324 e. The van der Waals surface area contributed by atoms with Crippen LogP contribution in [0.3, 0.4) is 0 Å². The Kier molecular flexibility index (Phi) is 5.41. The van der Waals surface area contributed by atoms with E-state index < -0.39 is 0 Å². The zero-order valence-electron chi connectivity index (χ0n) is 12.9. The largest absolute Gasteiger partial charge is 0.324 e. The number of fused-ring (bicyclic) bond motifs is 1. The van der Waals surface area contributed by atoms with E-state index in [2.05, 4.69) is 13.8 Å². The molecule has 2 atom stereocenters. The van der Waals surface area contributed by atoms with E-state index in [-0.39, 0.29) is 11.6 Å². The molecule has 3 heteroatoms. The number of aromatic nitrogens is 1. The quantitative estimate of drug-likeness (QED) is 0.865. The SMILES string of the molecule is CCCCC(CC)Cn1c2c(ccc1=O)C(N)CCC2. The van der Waals surface area contributed by atoms with Crippen LogP contribution in [-0.2, 0) is 13.0 Å². The minimum atomic E-state index is 0.112. The van der Waals surface area contributed by atoms with E-state index in [1.54, 1.807) is 6.07 Å². The molecule has 0 fully saturated rings. The highest BCUT2D eigenvalue weighted by atomic mass is 16.1. The normalized spacial score (nSPS) is 19.6. The lowest BCUT2D eigenvalue weighted by Gasteiger charge is -2.27. The van der Waals surface area contributed by atoms with Crippen LogP contribution in [0.4, 0.5) is 0 Å². The van der Waals surface area contributed by atoms with Crippen LogP contribution in [-0.4, -0.2) is 4.57 Å². The molecule has 3 nitrogen and oxygen atoms in total. The van der Waals surface area contributed by atoms with Crippen LogP contribution in [0.15, 0.2) is 16.9 Å². The van der Waals surface area contributed by atoms with Crippen LogP contribution in [0.5, 0.6) is 0 Å².